The summed E-state index contributed by atoms with van der Waals surface area (Å²) in [6, 6.07) is 0. The predicted molar refractivity (Wildman–Crippen MR) is 55.0 cm³/mol. The van der Waals surface area contributed by atoms with E-state index < -0.39 is 0 Å². The third-order valence-corrected chi connectivity index (χ3v) is 3.20. The summed E-state index contributed by atoms with van der Waals surface area (Å²) in [5, 5.41) is 2.60. The quantitative estimate of drug-likeness (QED) is 0.669. The normalized spacial score (nSPS) is 27.4. The van der Waals surface area contributed by atoms with E-state index in [0.29, 0.717) is 6.54 Å². The summed E-state index contributed by atoms with van der Waals surface area (Å²) in [7, 11) is 0. The highest BCUT2D eigenvalue weighted by Crippen LogP contribution is 2.22. The number of hydrogen-bond acceptors (Lipinski definition) is 3. The largest absolute Gasteiger partial charge is 0.328 e. The van der Waals surface area contributed by atoms with E-state index in [1.165, 1.54) is 0 Å². The van der Waals surface area contributed by atoms with E-state index in [9.17, 15) is 4.79 Å². The number of thioether (sulfide) groups is 1. The molecule has 1 atom stereocenters. The molecule has 13 heavy (non-hydrogen) atoms. The monoisotopic (exact) mass is 194 g/mol. The van der Waals surface area contributed by atoms with Crippen molar-refractivity contribution in [1.29, 1.82) is 0 Å². The summed E-state index contributed by atoms with van der Waals surface area (Å²) in [6.45, 7) is 4.42. The average Bonchev–Trinajstić information content (AvgIpc) is 2.56. The Morgan fingerprint density at radius 1 is 1.69 bits per heavy atom. The van der Waals surface area contributed by atoms with Crippen LogP contribution in [0.2, 0.25) is 0 Å². The molecule has 0 bridgehead atoms. The van der Waals surface area contributed by atoms with Gasteiger partial charge in [0, 0.05) is 11.4 Å². The second-order valence-electron chi connectivity index (χ2n) is 2.95. The first-order chi connectivity index (χ1) is 6.27. The summed E-state index contributed by atoms with van der Waals surface area (Å²) in [6.07, 6.45) is 3.89. The van der Waals surface area contributed by atoms with Crippen LogP contribution in [0.5, 0.6) is 0 Å². The third kappa shape index (κ3) is 1.67. The minimum absolute atomic E-state index is 0.00606. The van der Waals surface area contributed by atoms with Gasteiger partial charge in [-0.2, -0.15) is 0 Å². The van der Waals surface area contributed by atoms with Crippen LogP contribution < -0.4 is 5.32 Å². The summed E-state index contributed by atoms with van der Waals surface area (Å²) >= 11 is 1.58. The number of allylic oxidation sites excluding steroid dienone is 1. The molecule has 2 aliphatic rings. The molecule has 0 aromatic carbocycles. The van der Waals surface area contributed by atoms with Gasteiger partial charge in [0.15, 0.2) is 0 Å². The van der Waals surface area contributed by atoms with Crippen molar-refractivity contribution < 1.29 is 4.79 Å². The molecule has 0 spiro atoms. The lowest BCUT2D eigenvalue weighted by Crippen LogP contribution is -2.41. The van der Waals surface area contributed by atoms with Gasteiger partial charge in [-0.3, -0.25) is 9.79 Å². The molecular weight excluding hydrogens is 184 g/mol. The topological polar surface area (TPSA) is 41.5 Å². The Hall–Kier alpha value is -1.03. The lowest BCUT2D eigenvalue weighted by atomic mass is 10.2. The van der Waals surface area contributed by atoms with E-state index >= 15 is 0 Å². The van der Waals surface area contributed by atoms with E-state index in [-0.39, 0.29) is 11.2 Å². The maximum absolute atomic E-state index is 11.5. The van der Waals surface area contributed by atoms with Gasteiger partial charge >= 0.3 is 0 Å². The van der Waals surface area contributed by atoms with Crippen LogP contribution in [-0.4, -0.2) is 29.2 Å². The van der Waals surface area contributed by atoms with Gasteiger partial charge in [-0.15, -0.1) is 11.8 Å². The molecule has 3 nitrogen and oxygen atoms in total. The molecule has 0 aromatic heterocycles. The zero-order chi connectivity index (χ0) is 9.26. The third-order valence-electron chi connectivity index (χ3n) is 1.90. The Kier molecular flexibility index (Phi) is 2.22. The minimum atomic E-state index is -0.135. The molecule has 2 aliphatic heterocycles. The number of amides is 1. The van der Waals surface area contributed by atoms with Crippen LogP contribution in [0.15, 0.2) is 29.4 Å². The zero-order valence-corrected chi connectivity index (χ0v) is 7.93. The number of nitrogens with zero attached hydrogens (tertiary/aromatic N) is 1. The van der Waals surface area contributed by atoms with E-state index in [1.54, 1.807) is 11.8 Å². The van der Waals surface area contributed by atoms with Crippen LogP contribution in [0, 0.1) is 0 Å². The molecule has 4 heteroatoms. The van der Waals surface area contributed by atoms with Crippen LogP contribution in [0.4, 0.5) is 0 Å². The number of aliphatic imine (C=N–C) groups is 1. The van der Waals surface area contributed by atoms with Crippen molar-refractivity contribution in [3.63, 3.8) is 0 Å². The van der Waals surface area contributed by atoms with Crippen molar-refractivity contribution in [3.8, 4) is 0 Å². The Balaban J connectivity index is 2.12. The molecule has 1 fully saturated rings. The molecule has 0 aromatic rings. The van der Waals surface area contributed by atoms with Crippen molar-refractivity contribution in [2.24, 2.45) is 4.99 Å². The summed E-state index contributed by atoms with van der Waals surface area (Å²) < 4.78 is 0. The second-order valence-corrected chi connectivity index (χ2v) is 4.05. The molecule has 1 N–H and O–H groups in total. The maximum Gasteiger partial charge on any atom is 0.243 e. The van der Waals surface area contributed by atoms with Crippen molar-refractivity contribution in [2.45, 2.75) is 5.25 Å². The van der Waals surface area contributed by atoms with Crippen LogP contribution in [0.1, 0.15) is 0 Å². The van der Waals surface area contributed by atoms with Gasteiger partial charge < -0.3 is 5.32 Å². The van der Waals surface area contributed by atoms with Crippen LogP contribution in [-0.2, 0) is 4.79 Å². The first-order valence-electron chi connectivity index (χ1n) is 4.08. The van der Waals surface area contributed by atoms with Gasteiger partial charge in [0.1, 0.15) is 5.25 Å². The fraction of sp³-hybridized carbons (Fsp3) is 0.333. The maximum atomic E-state index is 11.5. The Morgan fingerprint density at radius 2 is 2.54 bits per heavy atom. The van der Waals surface area contributed by atoms with Gasteiger partial charge in [-0.05, 0) is 6.08 Å². The molecule has 2 rings (SSSR count). The standard InChI is InChI=1S/C9H10N2OS/c1-6-5-13-8(9(12)11-6)7-3-2-4-10-7/h2-3,8H,1,4-5H2,(H,11,12). The number of hydrogen-bond donors (Lipinski definition) is 1. The second kappa shape index (κ2) is 3.38. The van der Waals surface area contributed by atoms with Crippen molar-refractivity contribution >= 4 is 23.4 Å². The number of carbonyl (C=O) groups excluding carboxylic acids is 1. The fourth-order valence-electron chi connectivity index (χ4n) is 1.31. The first kappa shape index (κ1) is 8.56. The van der Waals surface area contributed by atoms with Crippen LogP contribution in [0.3, 0.4) is 0 Å². The molecular formula is C9H10N2OS. The average molecular weight is 194 g/mol. The Morgan fingerprint density at radius 3 is 3.15 bits per heavy atom. The van der Waals surface area contributed by atoms with E-state index in [4.69, 9.17) is 0 Å². The van der Waals surface area contributed by atoms with Crippen molar-refractivity contribution in [1.82, 2.24) is 5.32 Å². The molecule has 0 aliphatic carbocycles. The lowest BCUT2D eigenvalue weighted by molar-refractivity contribution is -0.118. The first-order valence-corrected chi connectivity index (χ1v) is 5.13. The predicted octanol–water partition coefficient (Wildman–Crippen LogP) is 0.742. The van der Waals surface area contributed by atoms with Gasteiger partial charge in [-0.1, -0.05) is 12.7 Å². The SMILES string of the molecule is C=C1CSC(C2=NCC=C2)C(=O)N1. The highest BCUT2D eigenvalue weighted by atomic mass is 32.2. The molecule has 1 amide bonds. The van der Waals surface area contributed by atoms with Crippen molar-refractivity contribution in [3.05, 3.63) is 24.4 Å². The zero-order valence-electron chi connectivity index (χ0n) is 7.12. The number of rotatable bonds is 1. The van der Waals surface area contributed by atoms with Gasteiger partial charge in [0.25, 0.3) is 0 Å². The van der Waals surface area contributed by atoms with Gasteiger partial charge in [0.05, 0.1) is 12.3 Å². The van der Waals surface area contributed by atoms with E-state index in [1.807, 2.05) is 12.2 Å². The molecule has 0 saturated carbocycles. The smallest absolute Gasteiger partial charge is 0.243 e. The Bertz CT molecular complexity index is 320. The minimum Gasteiger partial charge on any atom is -0.328 e. The highest BCUT2D eigenvalue weighted by Gasteiger charge is 2.28. The summed E-state index contributed by atoms with van der Waals surface area (Å²) in [5.41, 5.74) is 1.67. The number of carbonyl (C=O) groups is 1. The van der Waals surface area contributed by atoms with Crippen LogP contribution >= 0.6 is 11.8 Å². The molecule has 1 saturated heterocycles. The van der Waals surface area contributed by atoms with Gasteiger partial charge in [-0.25, -0.2) is 0 Å². The summed E-state index contributed by atoms with van der Waals surface area (Å²) in [4.78, 5) is 15.7. The fourth-order valence-corrected chi connectivity index (χ4v) is 2.28. The Labute approximate surface area is 81.0 Å². The van der Waals surface area contributed by atoms with E-state index in [0.717, 1.165) is 17.2 Å². The van der Waals surface area contributed by atoms with Crippen molar-refractivity contribution in [2.75, 3.05) is 12.3 Å². The molecule has 0 radical (unpaired) electrons. The molecule has 2 heterocycles. The van der Waals surface area contributed by atoms with Crippen LogP contribution in [0.25, 0.3) is 0 Å². The lowest BCUT2D eigenvalue weighted by Gasteiger charge is -2.22. The van der Waals surface area contributed by atoms with E-state index in [2.05, 4.69) is 16.9 Å². The summed E-state index contributed by atoms with van der Waals surface area (Å²) in [5.74, 6) is 0.787. The number of nitrogens with one attached hydrogen (secondary N) is 1. The highest BCUT2D eigenvalue weighted by molar-refractivity contribution is 8.01. The molecule has 68 valence electrons. The molecule has 1 unspecified atom stereocenters. The van der Waals surface area contributed by atoms with Gasteiger partial charge in [0.2, 0.25) is 5.91 Å².